The third kappa shape index (κ3) is 4.51. The fraction of sp³-hybridized carbons (Fsp3) is 0. The van der Waals surface area contributed by atoms with Crippen LogP contribution >= 0.6 is 0 Å². The zero-order valence-corrected chi connectivity index (χ0v) is 29.5. The number of hydrogen-bond donors (Lipinski definition) is 0. The molecule has 0 amide bonds. The van der Waals surface area contributed by atoms with Gasteiger partial charge in [0, 0.05) is 38.3 Å². The fourth-order valence-electron chi connectivity index (χ4n) is 8.65. The van der Waals surface area contributed by atoms with E-state index in [4.69, 9.17) is 13.1 Å². The van der Waals surface area contributed by atoms with Crippen LogP contribution in [0.15, 0.2) is 176 Å². The average Bonchev–Trinajstić information content (AvgIpc) is 3.89. The zero-order valence-electron chi connectivity index (χ0n) is 29.5. The van der Waals surface area contributed by atoms with Crippen LogP contribution in [0.5, 0.6) is 0 Å². The van der Waals surface area contributed by atoms with E-state index in [0.717, 1.165) is 61.0 Å². The summed E-state index contributed by atoms with van der Waals surface area (Å²) in [5.74, 6) is 0. The summed E-state index contributed by atoms with van der Waals surface area (Å²) in [6.45, 7) is 15.8. The second-order valence-corrected chi connectivity index (χ2v) is 14.0. The summed E-state index contributed by atoms with van der Waals surface area (Å²) in [6, 6.07) is 61.5. The summed E-state index contributed by atoms with van der Waals surface area (Å²) in [5.41, 5.74) is 12.9. The van der Waals surface area contributed by atoms with Crippen molar-refractivity contribution in [3.63, 3.8) is 0 Å². The Labute approximate surface area is 316 Å². The number of benzene rings is 8. The Morgan fingerprint density at radius 3 is 1.38 bits per heavy atom. The maximum absolute atomic E-state index is 8.22. The molecule has 0 N–H and O–H groups in total. The first kappa shape index (κ1) is 30.7. The van der Waals surface area contributed by atoms with Crippen LogP contribution in [-0.4, -0.2) is 13.7 Å². The van der Waals surface area contributed by atoms with Gasteiger partial charge in [0.05, 0.1) is 51.9 Å². The quantitative estimate of drug-likeness (QED) is 0.163. The van der Waals surface area contributed by atoms with Gasteiger partial charge in [0.15, 0.2) is 5.69 Å². The number of fused-ring (bicyclic) bond motifs is 9. The van der Waals surface area contributed by atoms with Crippen molar-refractivity contribution in [2.45, 2.75) is 0 Å². The van der Waals surface area contributed by atoms with E-state index in [1.807, 2.05) is 42.5 Å². The van der Waals surface area contributed by atoms with Crippen molar-refractivity contribution in [3.8, 4) is 28.2 Å². The Kier molecular flexibility index (Phi) is 6.61. The van der Waals surface area contributed by atoms with Crippen molar-refractivity contribution in [2.75, 3.05) is 0 Å². The van der Waals surface area contributed by atoms with E-state index in [-0.39, 0.29) is 0 Å². The monoisotopic (exact) mass is 699 g/mol. The van der Waals surface area contributed by atoms with Crippen LogP contribution in [0.3, 0.4) is 0 Å². The van der Waals surface area contributed by atoms with Gasteiger partial charge >= 0.3 is 0 Å². The van der Waals surface area contributed by atoms with Crippen LogP contribution in [-0.2, 0) is 0 Å². The third-order valence-electron chi connectivity index (χ3n) is 11.1. The second-order valence-electron chi connectivity index (χ2n) is 14.0. The number of aromatic nitrogens is 3. The van der Waals surface area contributed by atoms with E-state index in [9.17, 15) is 0 Å². The summed E-state index contributed by atoms with van der Waals surface area (Å²) in [5, 5.41) is 6.98. The highest BCUT2D eigenvalue weighted by molar-refractivity contribution is 6.13. The first-order valence-corrected chi connectivity index (χ1v) is 18.3. The van der Waals surface area contributed by atoms with Crippen LogP contribution in [0, 0.1) is 13.1 Å². The van der Waals surface area contributed by atoms with E-state index in [1.54, 1.807) is 0 Å². The highest BCUT2D eigenvalue weighted by Crippen LogP contribution is 2.40. The highest BCUT2D eigenvalue weighted by atomic mass is 15.0. The van der Waals surface area contributed by atoms with Gasteiger partial charge in [0.1, 0.15) is 0 Å². The molecule has 3 heterocycles. The van der Waals surface area contributed by atoms with E-state index in [2.05, 4.69) is 157 Å². The van der Waals surface area contributed by atoms with Gasteiger partial charge in [-0.05, 0) is 95.4 Å². The van der Waals surface area contributed by atoms with Gasteiger partial charge < -0.3 is 13.7 Å². The van der Waals surface area contributed by atoms with Gasteiger partial charge in [-0.25, -0.2) is 9.69 Å². The number of nitrogens with zero attached hydrogens (tertiary/aromatic N) is 5. The Morgan fingerprint density at radius 1 is 0.327 bits per heavy atom. The maximum atomic E-state index is 8.22. The van der Waals surface area contributed by atoms with E-state index in [1.165, 1.54) is 32.6 Å². The molecule has 5 heteroatoms. The minimum Gasteiger partial charge on any atom is -0.319 e. The summed E-state index contributed by atoms with van der Waals surface area (Å²) < 4.78 is 6.87. The molecule has 11 rings (SSSR count). The van der Waals surface area contributed by atoms with E-state index < -0.39 is 0 Å². The largest absolute Gasteiger partial charge is 0.319 e. The van der Waals surface area contributed by atoms with Crippen LogP contribution in [0.4, 0.5) is 11.4 Å². The van der Waals surface area contributed by atoms with Crippen LogP contribution in [0.1, 0.15) is 0 Å². The number of hydrogen-bond acceptors (Lipinski definition) is 0. The Morgan fingerprint density at radius 2 is 0.782 bits per heavy atom. The van der Waals surface area contributed by atoms with Gasteiger partial charge in [0.25, 0.3) is 0 Å². The molecular formula is C50H29N5. The molecule has 11 aromatic rings. The van der Waals surface area contributed by atoms with Crippen molar-refractivity contribution < 1.29 is 0 Å². The van der Waals surface area contributed by atoms with Crippen molar-refractivity contribution >= 4 is 76.8 Å². The molecular weight excluding hydrogens is 671 g/mol. The fourth-order valence-corrected chi connectivity index (χ4v) is 8.65. The minimum atomic E-state index is 0.569. The summed E-state index contributed by atoms with van der Waals surface area (Å²) in [6.07, 6.45) is 0. The molecule has 0 aliphatic carbocycles. The molecule has 3 aromatic heterocycles. The molecule has 0 aliphatic heterocycles. The van der Waals surface area contributed by atoms with Gasteiger partial charge in [-0.15, -0.1) is 0 Å². The minimum absolute atomic E-state index is 0.569. The van der Waals surface area contributed by atoms with Gasteiger partial charge in [-0.2, -0.15) is 0 Å². The van der Waals surface area contributed by atoms with Crippen molar-refractivity contribution in [1.29, 1.82) is 0 Å². The molecule has 5 nitrogen and oxygen atoms in total. The van der Waals surface area contributed by atoms with Gasteiger partial charge in [-0.3, -0.25) is 0 Å². The number of para-hydroxylation sites is 4. The molecule has 0 radical (unpaired) electrons. The molecule has 0 atom stereocenters. The molecule has 0 aliphatic rings. The third-order valence-corrected chi connectivity index (χ3v) is 11.1. The van der Waals surface area contributed by atoms with Crippen LogP contribution in [0.25, 0.3) is 103 Å². The van der Waals surface area contributed by atoms with E-state index in [0.29, 0.717) is 11.4 Å². The Balaban J connectivity index is 1.01. The zero-order chi connectivity index (χ0) is 36.6. The first-order chi connectivity index (χ1) is 27.2. The summed E-state index contributed by atoms with van der Waals surface area (Å²) in [4.78, 5) is 7.68. The van der Waals surface area contributed by atoms with Gasteiger partial charge in [0.2, 0.25) is 5.69 Å². The molecule has 0 bridgehead atoms. The van der Waals surface area contributed by atoms with Crippen molar-refractivity contribution in [1.82, 2.24) is 13.7 Å². The number of rotatable bonds is 4. The summed E-state index contributed by atoms with van der Waals surface area (Å²) >= 11 is 0. The molecule has 55 heavy (non-hydrogen) atoms. The topological polar surface area (TPSA) is 23.5 Å². The highest BCUT2D eigenvalue weighted by Gasteiger charge is 2.18. The molecule has 0 fully saturated rings. The summed E-state index contributed by atoms with van der Waals surface area (Å²) in [7, 11) is 0. The maximum Gasteiger partial charge on any atom is 0.211 e. The molecule has 0 unspecified atom stereocenters. The van der Waals surface area contributed by atoms with E-state index >= 15 is 0 Å². The lowest BCUT2D eigenvalue weighted by molar-refractivity contribution is 1.16. The Hall–Kier alpha value is -7.86. The lowest BCUT2D eigenvalue weighted by Crippen LogP contribution is -1.96. The SMILES string of the molecule is [C-]#[N+]c1ccc2c(c1)c1ccccc1n2-c1ccc(-c2ccc(-n3c4ccccc4c4cc(-n5c6ccccc6c6ccccc65)ccc43)cc2)cc1[N+]#[C-]. The van der Waals surface area contributed by atoms with Crippen LogP contribution in [0.2, 0.25) is 0 Å². The predicted octanol–water partition coefficient (Wildman–Crippen LogP) is 13.7. The van der Waals surface area contributed by atoms with Crippen molar-refractivity contribution in [2.24, 2.45) is 0 Å². The molecule has 8 aromatic carbocycles. The van der Waals surface area contributed by atoms with Crippen LogP contribution < -0.4 is 0 Å². The van der Waals surface area contributed by atoms with Crippen molar-refractivity contribution in [3.05, 3.63) is 199 Å². The average molecular weight is 700 g/mol. The molecule has 254 valence electrons. The first-order valence-electron chi connectivity index (χ1n) is 18.3. The molecule has 0 saturated carbocycles. The lowest BCUT2D eigenvalue weighted by Gasteiger charge is -2.13. The second kappa shape index (κ2) is 11.8. The standard InChI is InChI=1S/C50H29N5/c1-51-34-22-27-49-41(30-34)39-13-6-10-18-47(39)55(49)50-26-21-33(29-43(50)52-2)32-19-23-35(24-20-32)53-46-17-9-5-14-40(46)42-31-36(25-28-48(42)53)54-44-15-7-3-11-37(44)38-12-4-8-16-45(38)54/h3-31H. The molecule has 0 saturated heterocycles. The molecule has 0 spiro atoms. The predicted molar refractivity (Wildman–Crippen MR) is 227 cm³/mol. The normalized spacial score (nSPS) is 11.6. The lowest BCUT2D eigenvalue weighted by atomic mass is 10.0. The van der Waals surface area contributed by atoms with Gasteiger partial charge in [-0.1, -0.05) is 97.1 Å². The smallest absolute Gasteiger partial charge is 0.211 e. The Bertz CT molecular complexity index is 3400.